The number of likely N-dealkylation sites (N-methyl/N-ethyl adjacent to an activating group) is 1. The molecule has 5 heteroatoms. The number of anilines is 1. The highest BCUT2D eigenvalue weighted by molar-refractivity contribution is 6.02. The normalized spacial score (nSPS) is 14.8. The van der Waals surface area contributed by atoms with Crippen molar-refractivity contribution < 1.29 is 9.59 Å². The maximum absolute atomic E-state index is 12.1. The van der Waals surface area contributed by atoms with E-state index in [1.54, 1.807) is 12.1 Å². The topological polar surface area (TPSA) is 61.4 Å². The Kier molecular flexibility index (Phi) is 4.96. The van der Waals surface area contributed by atoms with Crippen molar-refractivity contribution in [3.8, 4) is 0 Å². The fourth-order valence-corrected chi connectivity index (χ4v) is 2.34. The first-order valence-electron chi connectivity index (χ1n) is 7.42. The lowest BCUT2D eigenvalue weighted by Gasteiger charge is -2.23. The lowest BCUT2D eigenvalue weighted by molar-refractivity contribution is -0.115. The predicted octanol–water partition coefficient (Wildman–Crippen LogP) is 1.64. The second-order valence-electron chi connectivity index (χ2n) is 5.59. The summed E-state index contributed by atoms with van der Waals surface area (Å²) in [4.78, 5) is 25.6. The molecule has 114 valence electrons. The van der Waals surface area contributed by atoms with E-state index in [1.165, 1.54) is 0 Å². The Morgan fingerprint density at radius 1 is 1.48 bits per heavy atom. The van der Waals surface area contributed by atoms with Crippen molar-refractivity contribution in [3.05, 3.63) is 29.3 Å². The second-order valence-corrected chi connectivity index (χ2v) is 5.59. The number of nitrogens with zero attached hydrogens (tertiary/aromatic N) is 1. The molecule has 2 amide bonds. The quantitative estimate of drug-likeness (QED) is 0.837. The maximum atomic E-state index is 12.1. The summed E-state index contributed by atoms with van der Waals surface area (Å²) >= 11 is 0. The van der Waals surface area contributed by atoms with Crippen LogP contribution in [0.25, 0.3) is 0 Å². The van der Waals surface area contributed by atoms with Crippen molar-refractivity contribution in [1.82, 2.24) is 10.2 Å². The molecule has 0 fully saturated rings. The number of amides is 2. The van der Waals surface area contributed by atoms with Gasteiger partial charge < -0.3 is 15.5 Å². The molecule has 2 rings (SSSR count). The molecule has 1 heterocycles. The van der Waals surface area contributed by atoms with Crippen LogP contribution in [0.5, 0.6) is 0 Å². The van der Waals surface area contributed by atoms with Gasteiger partial charge in [-0.2, -0.15) is 0 Å². The zero-order chi connectivity index (χ0) is 15.4. The number of rotatable bonds is 6. The highest BCUT2D eigenvalue weighted by atomic mass is 16.2. The third-order valence-corrected chi connectivity index (χ3v) is 4.09. The molecule has 21 heavy (non-hydrogen) atoms. The average molecular weight is 289 g/mol. The maximum Gasteiger partial charge on any atom is 0.251 e. The number of hydrogen-bond acceptors (Lipinski definition) is 3. The molecule has 0 bridgehead atoms. The summed E-state index contributed by atoms with van der Waals surface area (Å²) in [6.45, 7) is 5.76. The molecule has 0 spiro atoms. The van der Waals surface area contributed by atoms with Crippen molar-refractivity contribution in [1.29, 1.82) is 0 Å². The number of fused-ring (bicyclic) bond motifs is 1. The van der Waals surface area contributed by atoms with Gasteiger partial charge in [-0.1, -0.05) is 13.0 Å². The highest BCUT2D eigenvalue weighted by Crippen LogP contribution is 2.23. The van der Waals surface area contributed by atoms with Gasteiger partial charge in [0.1, 0.15) is 0 Å². The lowest BCUT2D eigenvalue weighted by atomic mass is 10.1. The molecule has 1 aliphatic rings. The zero-order valence-corrected chi connectivity index (χ0v) is 12.9. The van der Waals surface area contributed by atoms with Crippen molar-refractivity contribution >= 4 is 17.5 Å². The number of benzene rings is 1. The molecule has 0 aromatic heterocycles. The first kappa shape index (κ1) is 15.5. The summed E-state index contributed by atoms with van der Waals surface area (Å²) in [6, 6.07) is 5.87. The zero-order valence-electron chi connectivity index (χ0n) is 12.9. The van der Waals surface area contributed by atoms with Gasteiger partial charge in [0, 0.05) is 30.4 Å². The van der Waals surface area contributed by atoms with Gasteiger partial charge >= 0.3 is 0 Å². The summed E-state index contributed by atoms with van der Waals surface area (Å²) in [5.41, 5.74) is 2.29. The third-order valence-electron chi connectivity index (χ3n) is 4.09. The molecule has 1 aromatic carbocycles. The third kappa shape index (κ3) is 3.82. The molecule has 0 saturated carbocycles. The van der Waals surface area contributed by atoms with Gasteiger partial charge in [0.15, 0.2) is 0 Å². The lowest BCUT2D eigenvalue weighted by Crippen LogP contribution is -2.37. The standard InChI is InChI=1S/C16H23N3O2/c1-4-11(2)19(3)8-7-17-16(21)13-6-5-12-10-15(20)18-14(12)9-13/h5-6,9,11H,4,7-8,10H2,1-3H3,(H,17,21)(H,18,20). The Hall–Kier alpha value is -1.88. The van der Waals surface area contributed by atoms with Gasteiger partial charge in [-0.3, -0.25) is 9.59 Å². The van der Waals surface area contributed by atoms with Crippen molar-refractivity contribution in [2.75, 3.05) is 25.5 Å². The monoisotopic (exact) mass is 289 g/mol. The molecule has 1 atom stereocenters. The van der Waals surface area contributed by atoms with E-state index in [9.17, 15) is 9.59 Å². The summed E-state index contributed by atoms with van der Waals surface area (Å²) in [5, 5.41) is 5.68. The molecule has 2 N–H and O–H groups in total. The van der Waals surface area contributed by atoms with Gasteiger partial charge in [-0.05, 0) is 38.1 Å². The van der Waals surface area contributed by atoms with Crippen LogP contribution in [0, 0.1) is 0 Å². The Morgan fingerprint density at radius 2 is 2.24 bits per heavy atom. The fourth-order valence-electron chi connectivity index (χ4n) is 2.34. The Balaban J connectivity index is 1.87. The summed E-state index contributed by atoms with van der Waals surface area (Å²) < 4.78 is 0. The van der Waals surface area contributed by atoms with Crippen LogP contribution in [0.4, 0.5) is 5.69 Å². The molecule has 0 saturated heterocycles. The van der Waals surface area contributed by atoms with Crippen molar-refractivity contribution in [2.24, 2.45) is 0 Å². The van der Waals surface area contributed by atoms with Crippen LogP contribution in [0.3, 0.4) is 0 Å². The van der Waals surface area contributed by atoms with Crippen LogP contribution in [-0.4, -0.2) is 42.9 Å². The molecule has 0 radical (unpaired) electrons. The molecular weight excluding hydrogens is 266 g/mol. The first-order chi connectivity index (χ1) is 10.0. The number of carbonyl (C=O) groups is 2. The minimum Gasteiger partial charge on any atom is -0.351 e. The molecular formula is C16H23N3O2. The van der Waals surface area contributed by atoms with Crippen LogP contribution in [0.15, 0.2) is 18.2 Å². The van der Waals surface area contributed by atoms with E-state index in [0.29, 0.717) is 24.6 Å². The van der Waals surface area contributed by atoms with Gasteiger partial charge in [-0.15, -0.1) is 0 Å². The van der Waals surface area contributed by atoms with Crippen LogP contribution in [-0.2, 0) is 11.2 Å². The molecule has 0 aliphatic carbocycles. The number of carbonyl (C=O) groups excluding carboxylic acids is 2. The summed E-state index contributed by atoms with van der Waals surface area (Å²) in [6.07, 6.45) is 1.49. The smallest absolute Gasteiger partial charge is 0.251 e. The van der Waals surface area contributed by atoms with E-state index in [-0.39, 0.29) is 11.8 Å². The molecule has 1 unspecified atom stereocenters. The van der Waals surface area contributed by atoms with Crippen LogP contribution >= 0.6 is 0 Å². The van der Waals surface area contributed by atoms with Gasteiger partial charge in [0.2, 0.25) is 5.91 Å². The fraction of sp³-hybridized carbons (Fsp3) is 0.500. The van der Waals surface area contributed by atoms with Crippen molar-refractivity contribution in [2.45, 2.75) is 32.7 Å². The largest absolute Gasteiger partial charge is 0.351 e. The Labute approximate surface area is 125 Å². The van der Waals surface area contributed by atoms with Crippen LogP contribution in [0.1, 0.15) is 36.2 Å². The van der Waals surface area contributed by atoms with E-state index in [4.69, 9.17) is 0 Å². The predicted molar refractivity (Wildman–Crippen MR) is 83.5 cm³/mol. The van der Waals surface area contributed by atoms with E-state index >= 15 is 0 Å². The van der Waals surface area contributed by atoms with Crippen LogP contribution in [0.2, 0.25) is 0 Å². The Bertz CT molecular complexity index is 542. The van der Waals surface area contributed by atoms with Crippen LogP contribution < -0.4 is 10.6 Å². The number of hydrogen-bond donors (Lipinski definition) is 2. The average Bonchev–Trinajstić information content (AvgIpc) is 2.84. The van der Waals surface area contributed by atoms with E-state index < -0.39 is 0 Å². The Morgan fingerprint density at radius 3 is 2.95 bits per heavy atom. The van der Waals surface area contributed by atoms with Gasteiger partial charge in [-0.25, -0.2) is 0 Å². The number of nitrogens with one attached hydrogen (secondary N) is 2. The van der Waals surface area contributed by atoms with E-state index in [0.717, 1.165) is 24.2 Å². The second kappa shape index (κ2) is 6.72. The molecule has 1 aromatic rings. The van der Waals surface area contributed by atoms with E-state index in [2.05, 4.69) is 36.4 Å². The molecule has 1 aliphatic heterocycles. The van der Waals surface area contributed by atoms with Gasteiger partial charge in [0.05, 0.1) is 6.42 Å². The first-order valence-corrected chi connectivity index (χ1v) is 7.42. The minimum absolute atomic E-state index is 0.0160. The van der Waals surface area contributed by atoms with Gasteiger partial charge in [0.25, 0.3) is 5.91 Å². The summed E-state index contributed by atoms with van der Waals surface area (Å²) in [5.74, 6) is -0.116. The minimum atomic E-state index is -0.100. The molecule has 5 nitrogen and oxygen atoms in total. The SMILES string of the molecule is CCC(C)N(C)CCNC(=O)c1ccc2c(c1)NC(=O)C2. The van der Waals surface area contributed by atoms with Crippen molar-refractivity contribution in [3.63, 3.8) is 0 Å². The summed E-state index contributed by atoms with van der Waals surface area (Å²) in [7, 11) is 2.06. The highest BCUT2D eigenvalue weighted by Gasteiger charge is 2.19. The van der Waals surface area contributed by atoms with E-state index in [1.807, 2.05) is 6.07 Å².